The Morgan fingerprint density at radius 1 is 0.812 bits per heavy atom. The first-order valence-electron chi connectivity index (χ1n) is 5.18. The van der Waals surface area contributed by atoms with E-state index >= 15 is 0 Å². The van der Waals surface area contributed by atoms with Gasteiger partial charge in [-0.1, -0.05) is 23.2 Å². The molecule has 0 atom stereocenters. The molecular weight excluding hydrogens is 243 g/mol. The fraction of sp³-hybridized carbons (Fsp3) is 0.462. The molecule has 0 spiro atoms. The van der Waals surface area contributed by atoms with Gasteiger partial charge in [-0.25, -0.2) is 0 Å². The second-order valence-electron chi connectivity index (χ2n) is 4.16. The number of hydrogen-bond donors (Lipinski definition) is 0. The Kier molecular flexibility index (Phi) is 4.03. The fourth-order valence-corrected chi connectivity index (χ4v) is 2.20. The quantitative estimate of drug-likeness (QED) is 0.574. The van der Waals surface area contributed by atoms with E-state index in [1.54, 1.807) is 0 Å². The largest absolute Gasteiger partial charge is 0.291 e. The van der Waals surface area contributed by atoms with Gasteiger partial charge in [0, 0.05) is 5.56 Å². The van der Waals surface area contributed by atoms with Crippen molar-refractivity contribution in [3.05, 3.63) is 33.4 Å². The van der Waals surface area contributed by atoms with Gasteiger partial charge in [0.05, 0.1) is 0 Å². The van der Waals surface area contributed by atoms with E-state index in [1.807, 2.05) is 27.7 Å². The fourth-order valence-electron chi connectivity index (χ4n) is 1.98. The molecule has 1 aromatic carbocycles. The highest BCUT2D eigenvalue weighted by molar-refractivity contribution is 6.55. The minimum Gasteiger partial charge on any atom is -0.291 e. The van der Waals surface area contributed by atoms with Crippen LogP contribution in [0.5, 0.6) is 0 Å². The average molecular weight is 259 g/mol. The van der Waals surface area contributed by atoms with E-state index in [0.29, 0.717) is 5.56 Å². The summed E-state index contributed by atoms with van der Waals surface area (Å²) in [5.41, 5.74) is 6.15. The van der Waals surface area contributed by atoms with Crippen LogP contribution >= 0.6 is 23.2 Å². The van der Waals surface area contributed by atoms with E-state index in [-0.39, 0.29) is 5.78 Å². The van der Waals surface area contributed by atoms with Crippen molar-refractivity contribution in [3.8, 4) is 0 Å². The normalized spacial score (nSPS) is 11.0. The zero-order valence-corrected chi connectivity index (χ0v) is 11.8. The first-order chi connectivity index (χ1) is 7.29. The smallest absolute Gasteiger partial charge is 0.196 e. The van der Waals surface area contributed by atoms with Gasteiger partial charge >= 0.3 is 0 Å². The third kappa shape index (κ3) is 2.11. The van der Waals surface area contributed by atoms with E-state index in [2.05, 4.69) is 6.92 Å². The molecule has 0 bridgehead atoms. The van der Waals surface area contributed by atoms with Gasteiger partial charge < -0.3 is 0 Å². The van der Waals surface area contributed by atoms with Crippen molar-refractivity contribution in [2.24, 2.45) is 0 Å². The molecule has 0 saturated carbocycles. The van der Waals surface area contributed by atoms with Gasteiger partial charge in [0.25, 0.3) is 0 Å². The Labute approximate surface area is 107 Å². The number of rotatable bonds is 2. The Hall–Kier alpha value is -0.530. The molecule has 1 nitrogen and oxygen atoms in total. The van der Waals surface area contributed by atoms with E-state index < -0.39 is 4.84 Å². The molecule has 3 heteroatoms. The number of carbonyl (C=O) groups excluding carboxylic acids is 1. The summed E-state index contributed by atoms with van der Waals surface area (Å²) in [4.78, 5) is 11.0. The molecular formula is C13H16Cl2O. The van der Waals surface area contributed by atoms with E-state index in [4.69, 9.17) is 23.2 Å². The molecule has 0 N–H and O–H groups in total. The van der Waals surface area contributed by atoms with Crippen molar-refractivity contribution < 1.29 is 4.79 Å². The molecule has 0 aliphatic heterocycles. The molecule has 0 saturated heterocycles. The molecule has 88 valence electrons. The molecule has 0 aliphatic carbocycles. The molecule has 0 unspecified atom stereocenters. The maximum Gasteiger partial charge on any atom is 0.196 e. The number of benzene rings is 1. The van der Waals surface area contributed by atoms with Crippen LogP contribution in [-0.4, -0.2) is 10.6 Å². The van der Waals surface area contributed by atoms with Gasteiger partial charge in [0.1, 0.15) is 0 Å². The number of alkyl halides is 2. The highest BCUT2D eigenvalue weighted by atomic mass is 35.5. The average Bonchev–Trinajstić information content (AvgIpc) is 2.23. The second kappa shape index (κ2) is 4.77. The zero-order valence-electron chi connectivity index (χ0n) is 10.2. The summed E-state index contributed by atoms with van der Waals surface area (Å²) in [6.07, 6.45) is 0. The molecule has 16 heavy (non-hydrogen) atoms. The van der Waals surface area contributed by atoms with E-state index in [1.165, 1.54) is 5.56 Å². The number of carbonyl (C=O) groups is 1. The standard InChI is InChI=1S/C13H16Cl2O/c1-6-7(2)9(4)11(10(5)8(6)3)12(16)13(14)15/h13H,1-5H3. The Balaban J connectivity index is 3.58. The van der Waals surface area contributed by atoms with Crippen molar-refractivity contribution in [1.29, 1.82) is 0 Å². The lowest BCUT2D eigenvalue weighted by atomic mass is 9.88. The molecule has 0 aromatic heterocycles. The van der Waals surface area contributed by atoms with Gasteiger partial charge in [-0.05, 0) is 62.4 Å². The van der Waals surface area contributed by atoms with Crippen LogP contribution in [0.4, 0.5) is 0 Å². The van der Waals surface area contributed by atoms with Gasteiger partial charge in [-0.15, -0.1) is 0 Å². The maximum absolute atomic E-state index is 11.9. The monoisotopic (exact) mass is 258 g/mol. The molecule has 1 rings (SSSR count). The number of hydrogen-bond acceptors (Lipinski definition) is 1. The lowest BCUT2D eigenvalue weighted by Gasteiger charge is -2.18. The van der Waals surface area contributed by atoms with Crippen molar-refractivity contribution in [3.63, 3.8) is 0 Å². The van der Waals surface area contributed by atoms with Gasteiger partial charge in [0.15, 0.2) is 10.6 Å². The molecule has 0 fully saturated rings. The van der Waals surface area contributed by atoms with Crippen molar-refractivity contribution in [2.45, 2.75) is 39.5 Å². The Morgan fingerprint density at radius 2 is 1.12 bits per heavy atom. The third-order valence-corrected chi connectivity index (χ3v) is 3.84. The summed E-state index contributed by atoms with van der Waals surface area (Å²) in [7, 11) is 0. The van der Waals surface area contributed by atoms with Crippen molar-refractivity contribution >= 4 is 29.0 Å². The summed E-state index contributed by atoms with van der Waals surface area (Å²) < 4.78 is 0. The Morgan fingerprint density at radius 3 is 1.44 bits per heavy atom. The molecule has 0 amide bonds. The van der Waals surface area contributed by atoms with Gasteiger partial charge in [0.2, 0.25) is 0 Å². The zero-order chi connectivity index (χ0) is 12.6. The van der Waals surface area contributed by atoms with Crippen LogP contribution in [0.25, 0.3) is 0 Å². The first-order valence-corrected chi connectivity index (χ1v) is 6.05. The van der Waals surface area contributed by atoms with Crippen molar-refractivity contribution in [2.75, 3.05) is 0 Å². The van der Waals surface area contributed by atoms with Crippen LogP contribution in [-0.2, 0) is 0 Å². The number of halogens is 2. The van der Waals surface area contributed by atoms with Gasteiger partial charge in [-0.2, -0.15) is 0 Å². The lowest BCUT2D eigenvalue weighted by Crippen LogP contribution is -2.14. The minimum absolute atomic E-state index is 0.204. The summed E-state index contributed by atoms with van der Waals surface area (Å²) in [5, 5.41) is 0. The van der Waals surface area contributed by atoms with Crippen LogP contribution in [0.3, 0.4) is 0 Å². The predicted octanol–water partition coefficient (Wildman–Crippen LogP) is 4.22. The second-order valence-corrected chi connectivity index (χ2v) is 5.26. The molecule has 0 heterocycles. The minimum atomic E-state index is -0.987. The number of ketones is 1. The number of Topliss-reactive ketones (excluding diaryl/α,β-unsaturated/α-hetero) is 1. The van der Waals surface area contributed by atoms with Crippen molar-refractivity contribution in [1.82, 2.24) is 0 Å². The Bertz CT molecular complexity index is 419. The maximum atomic E-state index is 11.9. The third-order valence-electron chi connectivity index (χ3n) is 3.44. The van der Waals surface area contributed by atoms with Crippen LogP contribution in [0.2, 0.25) is 0 Å². The van der Waals surface area contributed by atoms with Crippen LogP contribution in [0, 0.1) is 34.6 Å². The summed E-state index contributed by atoms with van der Waals surface area (Å²) in [6.45, 7) is 9.99. The topological polar surface area (TPSA) is 17.1 Å². The van der Waals surface area contributed by atoms with E-state index in [0.717, 1.165) is 22.3 Å². The summed E-state index contributed by atoms with van der Waals surface area (Å²) >= 11 is 11.3. The lowest BCUT2D eigenvalue weighted by molar-refractivity contribution is 0.101. The summed E-state index contributed by atoms with van der Waals surface area (Å²) in [6, 6.07) is 0. The van der Waals surface area contributed by atoms with Gasteiger partial charge in [-0.3, -0.25) is 4.79 Å². The van der Waals surface area contributed by atoms with Crippen LogP contribution in [0.1, 0.15) is 38.2 Å². The highest BCUT2D eigenvalue weighted by Crippen LogP contribution is 2.28. The molecule has 1 aromatic rings. The summed E-state index contributed by atoms with van der Waals surface area (Å²) in [5.74, 6) is -0.204. The predicted molar refractivity (Wildman–Crippen MR) is 70.0 cm³/mol. The van der Waals surface area contributed by atoms with Crippen LogP contribution in [0.15, 0.2) is 0 Å². The SMILES string of the molecule is Cc1c(C)c(C)c(C(=O)C(Cl)Cl)c(C)c1C. The highest BCUT2D eigenvalue weighted by Gasteiger charge is 2.22. The van der Waals surface area contributed by atoms with Crippen LogP contribution < -0.4 is 0 Å². The first kappa shape index (κ1) is 13.5. The molecule has 0 aliphatic rings. The molecule has 0 radical (unpaired) electrons. The van der Waals surface area contributed by atoms with E-state index in [9.17, 15) is 4.79 Å².